The van der Waals surface area contributed by atoms with Crippen LogP contribution in [0.25, 0.3) is 0 Å². The number of fused-ring (bicyclic) bond motifs is 1. The molecule has 1 aliphatic heterocycles. The van der Waals surface area contributed by atoms with Crippen molar-refractivity contribution in [2.45, 2.75) is 27.7 Å². The minimum Gasteiger partial charge on any atom is -0.449 e. The van der Waals surface area contributed by atoms with Crippen molar-refractivity contribution < 1.29 is 4.74 Å². The van der Waals surface area contributed by atoms with Crippen molar-refractivity contribution in [3.8, 4) is 11.5 Å². The van der Waals surface area contributed by atoms with E-state index in [9.17, 15) is 0 Å². The van der Waals surface area contributed by atoms with Gasteiger partial charge in [0.2, 0.25) is 5.95 Å². The van der Waals surface area contributed by atoms with Crippen LogP contribution in [-0.2, 0) is 7.05 Å². The number of nitrogens with one attached hydrogen (secondary N) is 1. The summed E-state index contributed by atoms with van der Waals surface area (Å²) >= 11 is 4.84. The summed E-state index contributed by atoms with van der Waals surface area (Å²) in [6, 6.07) is 2.17. The normalized spacial score (nSPS) is 10.8. The molecule has 3 rings (SSSR count). The maximum Gasteiger partial charge on any atom is 0.207 e. The second-order valence-corrected chi connectivity index (χ2v) is 5.55. The van der Waals surface area contributed by atoms with Gasteiger partial charge in [-0.3, -0.25) is 0 Å². The zero-order valence-electron chi connectivity index (χ0n) is 12.4. The molecule has 106 valence electrons. The molecule has 20 heavy (non-hydrogen) atoms. The first-order valence-electron chi connectivity index (χ1n) is 6.43. The van der Waals surface area contributed by atoms with E-state index in [0.717, 1.165) is 22.4 Å². The number of benzene rings is 1. The fourth-order valence-corrected chi connectivity index (χ4v) is 2.00. The highest BCUT2D eigenvalue weighted by Crippen LogP contribution is 2.51. The summed E-state index contributed by atoms with van der Waals surface area (Å²) in [5, 5.41) is 2.94. The Morgan fingerprint density at radius 2 is 1.95 bits per heavy atom. The summed E-state index contributed by atoms with van der Waals surface area (Å²) in [6.45, 7) is 8.12. The number of imidazole rings is 1. The standard InChI is InChI=1S/C9H10O.C6H9N3S/c1-5-4-6(2)8-9(10-8)7(5)3;1-5(10)8-6-7-3-4-9(6)2/h4H,1-3H3;3-4H,1-2H3,(H,7,8,10). The average Bonchev–Trinajstić information content (AvgIpc) is 3.08. The van der Waals surface area contributed by atoms with Crippen LogP contribution in [-0.4, -0.2) is 14.5 Å². The van der Waals surface area contributed by atoms with E-state index < -0.39 is 0 Å². The van der Waals surface area contributed by atoms with E-state index in [1.165, 1.54) is 16.7 Å². The van der Waals surface area contributed by atoms with Crippen LogP contribution in [0.4, 0.5) is 5.95 Å². The molecule has 0 atom stereocenters. The van der Waals surface area contributed by atoms with Crippen LogP contribution in [0.15, 0.2) is 18.5 Å². The number of nitrogens with zero attached hydrogens (tertiary/aromatic N) is 2. The maximum atomic E-state index is 5.28. The Kier molecular flexibility index (Phi) is 4.09. The molecule has 1 N–H and O–H groups in total. The quantitative estimate of drug-likeness (QED) is 0.545. The van der Waals surface area contributed by atoms with Crippen LogP contribution in [0.3, 0.4) is 0 Å². The van der Waals surface area contributed by atoms with Gasteiger partial charge in [0.15, 0.2) is 11.5 Å². The second-order valence-electron chi connectivity index (χ2n) is 4.94. The van der Waals surface area contributed by atoms with Gasteiger partial charge in [-0.25, -0.2) is 4.98 Å². The predicted molar refractivity (Wildman–Crippen MR) is 85.8 cm³/mol. The van der Waals surface area contributed by atoms with Crippen molar-refractivity contribution in [1.82, 2.24) is 9.55 Å². The van der Waals surface area contributed by atoms with Gasteiger partial charge >= 0.3 is 0 Å². The van der Waals surface area contributed by atoms with E-state index in [1.54, 1.807) is 6.20 Å². The van der Waals surface area contributed by atoms with Gasteiger partial charge in [0, 0.05) is 19.4 Å². The molecule has 5 heteroatoms. The largest absolute Gasteiger partial charge is 0.449 e. The Bertz CT molecular complexity index is 658. The lowest BCUT2D eigenvalue weighted by Crippen LogP contribution is -2.07. The van der Waals surface area contributed by atoms with Crippen molar-refractivity contribution in [1.29, 1.82) is 0 Å². The van der Waals surface area contributed by atoms with Gasteiger partial charge in [0.05, 0.1) is 4.99 Å². The van der Waals surface area contributed by atoms with Crippen molar-refractivity contribution >= 4 is 23.2 Å². The van der Waals surface area contributed by atoms with Crippen LogP contribution in [0, 0.1) is 20.8 Å². The van der Waals surface area contributed by atoms with Crippen LogP contribution in [0.1, 0.15) is 23.6 Å². The molecule has 2 heterocycles. The monoisotopic (exact) mass is 289 g/mol. The highest BCUT2D eigenvalue weighted by molar-refractivity contribution is 7.80. The Morgan fingerprint density at radius 3 is 2.50 bits per heavy atom. The van der Waals surface area contributed by atoms with Crippen molar-refractivity contribution in [2.24, 2.45) is 7.05 Å². The van der Waals surface area contributed by atoms with Crippen LogP contribution < -0.4 is 10.1 Å². The Morgan fingerprint density at radius 1 is 1.25 bits per heavy atom. The molecule has 0 radical (unpaired) electrons. The number of aromatic nitrogens is 2. The topological polar surface area (TPSA) is 42.4 Å². The van der Waals surface area contributed by atoms with E-state index >= 15 is 0 Å². The van der Waals surface area contributed by atoms with Gasteiger partial charge in [-0.2, -0.15) is 0 Å². The third-order valence-corrected chi connectivity index (χ3v) is 3.30. The zero-order valence-corrected chi connectivity index (χ0v) is 13.3. The van der Waals surface area contributed by atoms with Gasteiger partial charge in [0.1, 0.15) is 0 Å². The molecule has 0 amide bonds. The van der Waals surface area contributed by atoms with E-state index in [2.05, 4.69) is 37.1 Å². The van der Waals surface area contributed by atoms with E-state index in [1.807, 2.05) is 24.7 Å². The molecule has 1 aromatic carbocycles. The smallest absolute Gasteiger partial charge is 0.207 e. The van der Waals surface area contributed by atoms with E-state index in [4.69, 9.17) is 17.0 Å². The van der Waals surface area contributed by atoms with Gasteiger partial charge in [-0.05, 0) is 44.4 Å². The third kappa shape index (κ3) is 3.17. The SMILES string of the molecule is CC(=S)Nc1nccn1C.Cc1cc(C)c2c(c1C)O2. The number of hydrogen-bond donors (Lipinski definition) is 1. The van der Waals surface area contributed by atoms with Crippen LogP contribution in [0.2, 0.25) is 0 Å². The summed E-state index contributed by atoms with van der Waals surface area (Å²) in [6.07, 6.45) is 3.58. The molecule has 0 unspecified atom stereocenters. The zero-order chi connectivity index (χ0) is 14.9. The lowest BCUT2D eigenvalue weighted by atomic mass is 10.1. The van der Waals surface area contributed by atoms with Gasteiger partial charge < -0.3 is 14.6 Å². The highest BCUT2D eigenvalue weighted by atomic mass is 32.1. The molecule has 1 aromatic heterocycles. The number of anilines is 1. The van der Waals surface area contributed by atoms with Crippen molar-refractivity contribution in [3.05, 3.63) is 35.2 Å². The van der Waals surface area contributed by atoms with E-state index in [0.29, 0.717) is 0 Å². The molecule has 4 nitrogen and oxygen atoms in total. The van der Waals surface area contributed by atoms with Crippen molar-refractivity contribution in [3.63, 3.8) is 0 Å². The molecular formula is C15H19N3OS. The molecule has 0 saturated carbocycles. The molecule has 0 spiro atoms. The highest BCUT2D eigenvalue weighted by Gasteiger charge is 2.26. The minimum atomic E-state index is 0.731. The summed E-state index contributed by atoms with van der Waals surface area (Å²) in [5.74, 6) is 2.99. The molecule has 0 bridgehead atoms. The van der Waals surface area contributed by atoms with Crippen molar-refractivity contribution in [2.75, 3.05) is 5.32 Å². The number of hydrogen-bond acceptors (Lipinski definition) is 3. The van der Waals surface area contributed by atoms with Crippen LogP contribution >= 0.6 is 12.2 Å². The van der Waals surface area contributed by atoms with Crippen LogP contribution in [0.5, 0.6) is 11.5 Å². The number of thiocarbonyl (C=S) groups is 1. The second kappa shape index (κ2) is 5.63. The molecule has 0 fully saturated rings. The molecule has 2 aromatic rings. The molecule has 0 saturated heterocycles. The molecular weight excluding hydrogens is 270 g/mol. The lowest BCUT2D eigenvalue weighted by molar-refractivity contribution is 0.643. The summed E-state index contributed by atoms with van der Waals surface area (Å²) in [7, 11) is 1.91. The Labute approximate surface area is 124 Å². The van der Waals surface area contributed by atoms with Gasteiger partial charge in [-0.1, -0.05) is 18.3 Å². The predicted octanol–water partition coefficient (Wildman–Crippen LogP) is 3.90. The fraction of sp³-hybridized carbons (Fsp3) is 0.333. The summed E-state index contributed by atoms with van der Waals surface area (Å²) in [4.78, 5) is 4.75. The molecule has 1 aliphatic rings. The third-order valence-electron chi connectivity index (χ3n) is 3.20. The number of aryl methyl sites for hydroxylation is 3. The Balaban J connectivity index is 0.000000147. The van der Waals surface area contributed by atoms with Gasteiger partial charge in [-0.15, -0.1) is 0 Å². The number of rotatable bonds is 1. The first kappa shape index (κ1) is 14.5. The average molecular weight is 289 g/mol. The fourth-order valence-electron chi connectivity index (χ4n) is 1.90. The first-order chi connectivity index (χ1) is 9.40. The first-order valence-corrected chi connectivity index (χ1v) is 6.84. The number of ether oxygens (including phenoxy) is 1. The summed E-state index contributed by atoms with van der Waals surface area (Å²) in [5.41, 5.74) is 3.88. The maximum absolute atomic E-state index is 5.28. The van der Waals surface area contributed by atoms with Gasteiger partial charge in [0.25, 0.3) is 0 Å². The van der Waals surface area contributed by atoms with E-state index in [-0.39, 0.29) is 0 Å². The Hall–Kier alpha value is -1.88. The molecule has 0 aliphatic carbocycles. The minimum absolute atomic E-state index is 0.731. The lowest BCUT2D eigenvalue weighted by Gasteiger charge is -2.01. The summed E-state index contributed by atoms with van der Waals surface area (Å²) < 4.78 is 7.15.